The summed E-state index contributed by atoms with van der Waals surface area (Å²) in [5, 5.41) is 12.0. The number of amides is 1. The number of nitrogens with zero attached hydrogens (tertiary/aromatic N) is 2. The molecule has 0 aromatic carbocycles. The van der Waals surface area contributed by atoms with Crippen molar-refractivity contribution in [3.8, 4) is 0 Å². The average molecular weight is 336 g/mol. The molecule has 0 bridgehead atoms. The second-order valence-corrected chi connectivity index (χ2v) is 5.87. The van der Waals surface area contributed by atoms with Crippen molar-refractivity contribution in [3.05, 3.63) is 16.9 Å². The van der Waals surface area contributed by atoms with E-state index in [1.807, 2.05) is 6.26 Å². The van der Waals surface area contributed by atoms with Crippen LogP contribution in [0.5, 0.6) is 0 Å². The molecular weight excluding hydrogens is 322 g/mol. The van der Waals surface area contributed by atoms with E-state index in [4.69, 9.17) is 16.7 Å². The largest absolute Gasteiger partial charge is 0.480 e. The summed E-state index contributed by atoms with van der Waals surface area (Å²) in [5.74, 6) is -1.06. The van der Waals surface area contributed by atoms with E-state index >= 15 is 0 Å². The molecule has 9 heteroatoms. The number of carboxylic acid groups (broad SMARTS) is 1. The van der Waals surface area contributed by atoms with Gasteiger partial charge in [0.15, 0.2) is 10.9 Å². The number of halogens is 1. The minimum atomic E-state index is -1.08. The van der Waals surface area contributed by atoms with Crippen LogP contribution < -0.4 is 5.32 Å². The molecule has 0 aliphatic carbocycles. The van der Waals surface area contributed by atoms with Gasteiger partial charge in [-0.15, -0.1) is 0 Å². The fourth-order valence-electron chi connectivity index (χ4n) is 1.33. The van der Waals surface area contributed by atoms with E-state index in [-0.39, 0.29) is 10.7 Å². The number of thioether (sulfide) groups is 2. The van der Waals surface area contributed by atoms with Crippen LogP contribution in [-0.4, -0.2) is 51.3 Å². The fourth-order valence-corrected chi connectivity index (χ4v) is 2.32. The Morgan fingerprint density at radius 2 is 2.20 bits per heavy atom. The SMILES string of the molecule is CSCC[C@@H](NC(=O)c1nc(SC)ncc1Cl)C(=O)O. The number of hydrogen-bond acceptors (Lipinski definition) is 6. The first-order chi connectivity index (χ1) is 9.49. The second kappa shape index (κ2) is 8.33. The van der Waals surface area contributed by atoms with Crippen LogP contribution in [0.25, 0.3) is 0 Å². The number of carboxylic acids is 1. The van der Waals surface area contributed by atoms with Gasteiger partial charge >= 0.3 is 5.97 Å². The average Bonchev–Trinajstić information content (AvgIpc) is 2.43. The fraction of sp³-hybridized carbons (Fsp3) is 0.455. The number of rotatable bonds is 7. The van der Waals surface area contributed by atoms with E-state index in [9.17, 15) is 9.59 Å². The Morgan fingerprint density at radius 3 is 2.75 bits per heavy atom. The topological polar surface area (TPSA) is 92.2 Å². The maximum absolute atomic E-state index is 12.0. The number of hydrogen-bond donors (Lipinski definition) is 2. The number of nitrogens with one attached hydrogen (secondary N) is 1. The lowest BCUT2D eigenvalue weighted by Crippen LogP contribution is -2.41. The number of aromatic nitrogens is 2. The van der Waals surface area contributed by atoms with Crippen molar-refractivity contribution >= 4 is 47.0 Å². The van der Waals surface area contributed by atoms with Crippen molar-refractivity contribution < 1.29 is 14.7 Å². The lowest BCUT2D eigenvalue weighted by molar-refractivity contribution is -0.139. The predicted molar refractivity (Wildman–Crippen MR) is 80.7 cm³/mol. The smallest absolute Gasteiger partial charge is 0.326 e. The van der Waals surface area contributed by atoms with E-state index < -0.39 is 17.9 Å². The van der Waals surface area contributed by atoms with Crippen LogP contribution in [0.15, 0.2) is 11.4 Å². The van der Waals surface area contributed by atoms with Gasteiger partial charge in [-0.3, -0.25) is 4.79 Å². The van der Waals surface area contributed by atoms with Crippen molar-refractivity contribution in [2.24, 2.45) is 0 Å². The molecule has 0 aliphatic rings. The molecule has 2 N–H and O–H groups in total. The Bertz CT molecular complexity index is 502. The van der Waals surface area contributed by atoms with Crippen LogP contribution >= 0.6 is 35.1 Å². The third-order valence-electron chi connectivity index (χ3n) is 2.33. The first-order valence-electron chi connectivity index (χ1n) is 5.58. The van der Waals surface area contributed by atoms with Crippen molar-refractivity contribution in [3.63, 3.8) is 0 Å². The highest BCUT2D eigenvalue weighted by Crippen LogP contribution is 2.16. The highest BCUT2D eigenvalue weighted by atomic mass is 35.5. The van der Waals surface area contributed by atoms with Crippen LogP contribution in [0, 0.1) is 0 Å². The van der Waals surface area contributed by atoms with E-state index in [1.54, 1.807) is 6.26 Å². The van der Waals surface area contributed by atoms with E-state index in [0.29, 0.717) is 17.3 Å². The zero-order chi connectivity index (χ0) is 15.1. The summed E-state index contributed by atoms with van der Waals surface area (Å²) in [5.41, 5.74) is -0.0126. The third-order valence-corrected chi connectivity index (χ3v) is 3.82. The molecule has 0 radical (unpaired) electrons. The van der Waals surface area contributed by atoms with E-state index in [0.717, 1.165) is 0 Å². The van der Waals surface area contributed by atoms with Crippen molar-refractivity contribution in [1.82, 2.24) is 15.3 Å². The standard InChI is InChI=1S/C11H14ClN3O3S2/c1-19-4-3-7(10(17)18)14-9(16)8-6(12)5-13-11(15-8)20-2/h5,7H,3-4H2,1-2H3,(H,14,16)(H,17,18)/t7-/m1/s1. The lowest BCUT2D eigenvalue weighted by Gasteiger charge is -2.14. The van der Waals surface area contributed by atoms with Gasteiger partial charge in [-0.2, -0.15) is 11.8 Å². The quantitative estimate of drug-likeness (QED) is 0.579. The molecule has 1 heterocycles. The number of aliphatic carboxylic acids is 1. The number of carbonyl (C=O) groups is 2. The van der Waals surface area contributed by atoms with Crippen molar-refractivity contribution in [1.29, 1.82) is 0 Å². The van der Waals surface area contributed by atoms with Gasteiger partial charge in [0.1, 0.15) is 6.04 Å². The van der Waals surface area contributed by atoms with Crippen LogP contribution in [0.2, 0.25) is 5.02 Å². The third kappa shape index (κ3) is 4.84. The molecule has 0 aliphatic heterocycles. The van der Waals surface area contributed by atoms with Gasteiger partial charge in [0, 0.05) is 0 Å². The van der Waals surface area contributed by atoms with Gasteiger partial charge < -0.3 is 10.4 Å². The van der Waals surface area contributed by atoms with Gasteiger partial charge in [0.25, 0.3) is 5.91 Å². The molecule has 1 amide bonds. The Balaban J connectivity index is 2.85. The Kier molecular flexibility index (Phi) is 7.11. The highest BCUT2D eigenvalue weighted by molar-refractivity contribution is 7.98. The monoisotopic (exact) mass is 335 g/mol. The Labute approximate surface area is 130 Å². The highest BCUT2D eigenvalue weighted by Gasteiger charge is 2.22. The molecule has 1 aromatic rings. The summed E-state index contributed by atoms with van der Waals surface area (Å²) in [4.78, 5) is 31.0. The lowest BCUT2D eigenvalue weighted by atomic mass is 10.2. The summed E-state index contributed by atoms with van der Waals surface area (Å²) in [7, 11) is 0. The summed E-state index contributed by atoms with van der Waals surface area (Å²) >= 11 is 8.65. The van der Waals surface area contributed by atoms with E-state index in [1.165, 1.54) is 29.7 Å². The molecule has 20 heavy (non-hydrogen) atoms. The molecule has 0 spiro atoms. The molecule has 0 saturated heterocycles. The maximum atomic E-state index is 12.0. The van der Waals surface area contributed by atoms with E-state index in [2.05, 4.69) is 15.3 Å². The minimum Gasteiger partial charge on any atom is -0.480 e. The van der Waals surface area contributed by atoms with Gasteiger partial charge in [-0.25, -0.2) is 14.8 Å². The first kappa shape index (κ1) is 17.1. The van der Waals surface area contributed by atoms with Gasteiger partial charge in [0.2, 0.25) is 0 Å². The van der Waals surface area contributed by atoms with Crippen molar-refractivity contribution in [2.45, 2.75) is 17.6 Å². The Morgan fingerprint density at radius 1 is 1.50 bits per heavy atom. The minimum absolute atomic E-state index is 0.0126. The summed E-state index contributed by atoms with van der Waals surface area (Å²) < 4.78 is 0. The van der Waals surface area contributed by atoms with Crippen LogP contribution in [-0.2, 0) is 4.79 Å². The molecule has 0 saturated carbocycles. The van der Waals surface area contributed by atoms with Gasteiger partial charge in [0.05, 0.1) is 11.2 Å². The van der Waals surface area contributed by atoms with Gasteiger partial charge in [-0.1, -0.05) is 23.4 Å². The summed E-state index contributed by atoms with van der Waals surface area (Å²) in [6.07, 6.45) is 5.30. The molecule has 6 nitrogen and oxygen atoms in total. The normalized spacial score (nSPS) is 11.9. The number of carbonyl (C=O) groups excluding carboxylic acids is 1. The molecule has 1 aromatic heterocycles. The predicted octanol–water partition coefficient (Wildman–Crippen LogP) is 1.79. The summed E-state index contributed by atoms with van der Waals surface area (Å²) in [6.45, 7) is 0. The molecule has 1 atom stereocenters. The zero-order valence-electron chi connectivity index (χ0n) is 10.9. The molecular formula is C11H14ClN3O3S2. The van der Waals surface area contributed by atoms with Crippen LogP contribution in [0.4, 0.5) is 0 Å². The van der Waals surface area contributed by atoms with Crippen LogP contribution in [0.1, 0.15) is 16.9 Å². The second-order valence-electron chi connectivity index (χ2n) is 3.70. The van der Waals surface area contributed by atoms with Crippen LogP contribution in [0.3, 0.4) is 0 Å². The zero-order valence-corrected chi connectivity index (χ0v) is 13.3. The summed E-state index contributed by atoms with van der Waals surface area (Å²) in [6, 6.07) is -0.960. The van der Waals surface area contributed by atoms with Gasteiger partial charge in [-0.05, 0) is 24.7 Å². The molecule has 0 unspecified atom stereocenters. The molecule has 0 fully saturated rings. The Hall–Kier alpha value is -0.990. The maximum Gasteiger partial charge on any atom is 0.326 e. The van der Waals surface area contributed by atoms with Crippen molar-refractivity contribution in [2.75, 3.05) is 18.3 Å². The first-order valence-corrected chi connectivity index (χ1v) is 8.58. The molecule has 1 rings (SSSR count). The molecule has 110 valence electrons.